The number of benzene rings is 1. The average molecular weight is 287 g/mol. The van der Waals surface area contributed by atoms with Gasteiger partial charge in [-0.05, 0) is 54.9 Å². The van der Waals surface area contributed by atoms with Crippen LogP contribution in [0.25, 0.3) is 0 Å². The molecule has 3 rings (SSSR count). The minimum atomic E-state index is 0.218. The lowest BCUT2D eigenvalue weighted by molar-refractivity contribution is 0.419. The standard InChI is InChI=1S/C16H21N3S/c1-3-17-15(16-11(2)18-19-20-16)14-9-7-13(8-10-14)12-5-4-6-12/h7-10,12,15,17H,3-6H2,1-2H3. The Morgan fingerprint density at radius 3 is 2.55 bits per heavy atom. The molecule has 1 heterocycles. The number of rotatable bonds is 5. The topological polar surface area (TPSA) is 37.8 Å². The van der Waals surface area contributed by atoms with Crippen LogP contribution < -0.4 is 5.32 Å². The summed E-state index contributed by atoms with van der Waals surface area (Å²) < 4.78 is 4.07. The second-order valence-electron chi connectivity index (χ2n) is 5.51. The molecule has 1 aromatic heterocycles. The van der Waals surface area contributed by atoms with Crippen LogP contribution in [0.1, 0.15) is 59.8 Å². The van der Waals surface area contributed by atoms with E-state index in [1.807, 2.05) is 6.92 Å². The predicted molar refractivity (Wildman–Crippen MR) is 83.2 cm³/mol. The van der Waals surface area contributed by atoms with Crippen molar-refractivity contribution in [3.8, 4) is 0 Å². The van der Waals surface area contributed by atoms with Gasteiger partial charge in [0, 0.05) is 0 Å². The molecule has 1 aliphatic rings. The first-order valence-corrected chi connectivity index (χ1v) is 8.19. The highest BCUT2D eigenvalue weighted by Crippen LogP contribution is 2.37. The summed E-state index contributed by atoms with van der Waals surface area (Å²) in [4.78, 5) is 1.23. The molecule has 1 fully saturated rings. The zero-order valence-corrected chi connectivity index (χ0v) is 12.9. The van der Waals surface area contributed by atoms with Crippen LogP contribution in [0.4, 0.5) is 0 Å². The SMILES string of the molecule is CCNC(c1ccc(C2CCC2)cc1)c1snnc1C. The molecular formula is C16H21N3S. The summed E-state index contributed by atoms with van der Waals surface area (Å²) in [6.45, 7) is 5.11. The van der Waals surface area contributed by atoms with Gasteiger partial charge in [0.25, 0.3) is 0 Å². The third-order valence-corrected chi connectivity index (χ3v) is 5.09. The van der Waals surface area contributed by atoms with Crippen molar-refractivity contribution >= 4 is 11.5 Å². The van der Waals surface area contributed by atoms with E-state index in [9.17, 15) is 0 Å². The molecule has 1 unspecified atom stereocenters. The maximum Gasteiger partial charge on any atom is 0.0776 e. The molecule has 0 amide bonds. The number of nitrogens with one attached hydrogen (secondary N) is 1. The molecule has 1 aliphatic carbocycles. The Balaban J connectivity index is 1.85. The van der Waals surface area contributed by atoms with Crippen molar-refractivity contribution in [1.29, 1.82) is 0 Å². The molecule has 4 heteroatoms. The molecule has 0 aliphatic heterocycles. The number of hydrogen-bond acceptors (Lipinski definition) is 4. The Morgan fingerprint density at radius 2 is 2.05 bits per heavy atom. The molecule has 0 saturated heterocycles. The second kappa shape index (κ2) is 6.02. The van der Waals surface area contributed by atoms with Gasteiger partial charge in [-0.15, -0.1) is 5.10 Å². The first kappa shape index (κ1) is 13.7. The smallest absolute Gasteiger partial charge is 0.0776 e. The molecular weight excluding hydrogens is 266 g/mol. The van der Waals surface area contributed by atoms with Crippen LogP contribution in [-0.4, -0.2) is 16.1 Å². The highest BCUT2D eigenvalue weighted by molar-refractivity contribution is 7.05. The van der Waals surface area contributed by atoms with Crippen LogP contribution in [-0.2, 0) is 0 Å². The van der Waals surface area contributed by atoms with Crippen LogP contribution >= 0.6 is 11.5 Å². The van der Waals surface area contributed by atoms with E-state index >= 15 is 0 Å². The lowest BCUT2D eigenvalue weighted by Gasteiger charge is -2.26. The molecule has 1 aromatic carbocycles. The first-order valence-electron chi connectivity index (χ1n) is 7.41. The largest absolute Gasteiger partial charge is 0.306 e. The summed E-state index contributed by atoms with van der Waals surface area (Å²) in [5.74, 6) is 0.799. The summed E-state index contributed by atoms with van der Waals surface area (Å²) in [6, 6.07) is 9.34. The van der Waals surface area contributed by atoms with Crippen LogP contribution in [0.5, 0.6) is 0 Å². The number of nitrogens with zero attached hydrogens (tertiary/aromatic N) is 2. The zero-order valence-electron chi connectivity index (χ0n) is 12.1. The van der Waals surface area contributed by atoms with E-state index in [1.165, 1.54) is 46.8 Å². The van der Waals surface area contributed by atoms with Gasteiger partial charge in [0.05, 0.1) is 16.6 Å². The van der Waals surface area contributed by atoms with Gasteiger partial charge in [-0.3, -0.25) is 0 Å². The van der Waals surface area contributed by atoms with E-state index < -0.39 is 0 Å². The van der Waals surface area contributed by atoms with Crippen molar-refractivity contribution in [2.75, 3.05) is 6.54 Å². The third kappa shape index (κ3) is 2.63. The molecule has 0 radical (unpaired) electrons. The fourth-order valence-corrected chi connectivity index (χ4v) is 3.52. The average Bonchev–Trinajstić information content (AvgIpc) is 2.81. The van der Waals surface area contributed by atoms with E-state index in [-0.39, 0.29) is 6.04 Å². The van der Waals surface area contributed by atoms with Crippen LogP contribution in [0.3, 0.4) is 0 Å². The van der Waals surface area contributed by atoms with Crippen molar-refractivity contribution in [2.24, 2.45) is 0 Å². The maximum absolute atomic E-state index is 4.14. The molecule has 1 atom stereocenters. The lowest BCUT2D eigenvalue weighted by atomic mass is 9.80. The predicted octanol–water partition coefficient (Wildman–Crippen LogP) is 3.81. The molecule has 106 valence electrons. The number of aromatic nitrogens is 2. The van der Waals surface area contributed by atoms with E-state index in [4.69, 9.17) is 0 Å². The van der Waals surface area contributed by atoms with Gasteiger partial charge in [-0.2, -0.15) is 0 Å². The van der Waals surface area contributed by atoms with Crippen molar-refractivity contribution < 1.29 is 0 Å². The first-order chi connectivity index (χ1) is 9.79. The fourth-order valence-electron chi connectivity index (χ4n) is 2.77. The van der Waals surface area contributed by atoms with Crippen LogP contribution in [0.15, 0.2) is 24.3 Å². The van der Waals surface area contributed by atoms with Crippen molar-refractivity contribution in [2.45, 2.75) is 45.1 Å². The van der Waals surface area contributed by atoms with Crippen LogP contribution in [0.2, 0.25) is 0 Å². The van der Waals surface area contributed by atoms with Gasteiger partial charge >= 0.3 is 0 Å². The van der Waals surface area contributed by atoms with Gasteiger partial charge < -0.3 is 5.32 Å². The minimum Gasteiger partial charge on any atom is -0.306 e. The number of hydrogen-bond donors (Lipinski definition) is 1. The normalized spacial score (nSPS) is 16.9. The highest BCUT2D eigenvalue weighted by Gasteiger charge is 2.21. The molecule has 3 nitrogen and oxygen atoms in total. The molecule has 0 bridgehead atoms. The Bertz CT molecular complexity index is 557. The summed E-state index contributed by atoms with van der Waals surface area (Å²) in [6.07, 6.45) is 4.10. The van der Waals surface area contributed by atoms with Crippen molar-refractivity contribution in [1.82, 2.24) is 14.9 Å². The van der Waals surface area contributed by atoms with Crippen LogP contribution in [0, 0.1) is 6.92 Å². The van der Waals surface area contributed by atoms with E-state index in [2.05, 4.69) is 46.1 Å². The maximum atomic E-state index is 4.14. The Morgan fingerprint density at radius 1 is 1.30 bits per heavy atom. The van der Waals surface area contributed by atoms with E-state index in [0.29, 0.717) is 0 Å². The molecule has 20 heavy (non-hydrogen) atoms. The van der Waals surface area contributed by atoms with E-state index in [0.717, 1.165) is 18.2 Å². The van der Waals surface area contributed by atoms with Gasteiger partial charge in [0.2, 0.25) is 0 Å². The monoisotopic (exact) mass is 287 g/mol. The summed E-state index contributed by atoms with van der Waals surface area (Å²) in [5, 5.41) is 7.69. The second-order valence-corrected chi connectivity index (χ2v) is 6.29. The Labute approximate surface area is 124 Å². The van der Waals surface area contributed by atoms with Crippen molar-refractivity contribution in [3.05, 3.63) is 46.0 Å². The van der Waals surface area contributed by atoms with Gasteiger partial charge in [-0.25, -0.2) is 0 Å². The minimum absolute atomic E-state index is 0.218. The van der Waals surface area contributed by atoms with E-state index in [1.54, 1.807) is 0 Å². The zero-order chi connectivity index (χ0) is 13.9. The van der Waals surface area contributed by atoms with Crippen molar-refractivity contribution in [3.63, 3.8) is 0 Å². The fraction of sp³-hybridized carbons (Fsp3) is 0.500. The summed E-state index contributed by atoms with van der Waals surface area (Å²) >= 11 is 1.49. The van der Waals surface area contributed by atoms with Gasteiger partial charge in [0.15, 0.2) is 0 Å². The molecule has 1 saturated carbocycles. The molecule has 0 spiro atoms. The quantitative estimate of drug-likeness (QED) is 0.908. The third-order valence-electron chi connectivity index (χ3n) is 4.20. The lowest BCUT2D eigenvalue weighted by Crippen LogP contribution is -2.22. The Hall–Kier alpha value is -1.26. The summed E-state index contributed by atoms with van der Waals surface area (Å²) in [7, 11) is 0. The molecule has 1 N–H and O–H groups in total. The Kier molecular flexibility index (Phi) is 4.13. The highest BCUT2D eigenvalue weighted by atomic mass is 32.1. The summed E-state index contributed by atoms with van der Waals surface area (Å²) in [5.41, 5.74) is 3.84. The molecule has 2 aromatic rings. The van der Waals surface area contributed by atoms with Gasteiger partial charge in [-0.1, -0.05) is 42.1 Å². The van der Waals surface area contributed by atoms with Gasteiger partial charge in [0.1, 0.15) is 0 Å². The number of aryl methyl sites for hydroxylation is 1.